The van der Waals surface area contributed by atoms with Crippen molar-refractivity contribution in [1.29, 1.82) is 0 Å². The topological polar surface area (TPSA) is 78.7 Å². The largest absolute Gasteiger partial charge is 0.398 e. The van der Waals surface area contributed by atoms with Gasteiger partial charge in [-0.25, -0.2) is 13.4 Å². The lowest BCUT2D eigenvalue weighted by Gasteiger charge is -2.32. The molecule has 1 aliphatic heterocycles. The van der Waals surface area contributed by atoms with E-state index in [9.17, 15) is 8.42 Å². The number of hydrogen-bond acceptors (Lipinski definition) is 5. The number of hydrazine groups is 1. The van der Waals surface area contributed by atoms with E-state index in [2.05, 4.69) is 9.73 Å². The van der Waals surface area contributed by atoms with Gasteiger partial charge in [-0.05, 0) is 19.2 Å². The van der Waals surface area contributed by atoms with Crippen LogP contribution >= 0.6 is 23.2 Å². The second kappa shape index (κ2) is 6.05. The Morgan fingerprint density at radius 2 is 1.80 bits per heavy atom. The summed E-state index contributed by atoms with van der Waals surface area (Å²) >= 11 is 11.7. The van der Waals surface area contributed by atoms with Gasteiger partial charge in [0.05, 0.1) is 10.7 Å². The first-order chi connectivity index (χ1) is 9.29. The summed E-state index contributed by atoms with van der Waals surface area (Å²) in [7, 11) is -1.83. The molecule has 0 amide bonds. The minimum atomic E-state index is -3.81. The molecule has 1 aliphatic rings. The molecule has 0 aromatic heterocycles. The number of piperazine rings is 1. The van der Waals surface area contributed by atoms with Crippen LogP contribution in [-0.2, 0) is 10.0 Å². The Hall–Kier alpha value is -0.570. The van der Waals surface area contributed by atoms with Crippen LogP contribution in [0.5, 0.6) is 0 Å². The lowest BCUT2D eigenvalue weighted by Crippen LogP contribution is -2.52. The van der Waals surface area contributed by atoms with Crippen molar-refractivity contribution in [3.05, 3.63) is 22.2 Å². The van der Waals surface area contributed by atoms with Gasteiger partial charge < -0.3 is 10.6 Å². The Balaban J connectivity index is 2.23. The summed E-state index contributed by atoms with van der Waals surface area (Å²) in [5, 5.41) is 1.95. The van der Waals surface area contributed by atoms with Crippen LogP contribution < -0.4 is 10.6 Å². The quantitative estimate of drug-likeness (QED) is 0.804. The molecule has 0 bridgehead atoms. The molecule has 2 rings (SSSR count). The van der Waals surface area contributed by atoms with E-state index in [1.807, 2.05) is 7.05 Å². The summed E-state index contributed by atoms with van der Waals surface area (Å²) < 4.78 is 24.7. The Kier molecular flexibility index (Phi) is 4.78. The van der Waals surface area contributed by atoms with Crippen molar-refractivity contribution < 1.29 is 8.42 Å². The lowest BCUT2D eigenvalue weighted by atomic mass is 10.3. The predicted molar refractivity (Wildman–Crippen MR) is 80.3 cm³/mol. The zero-order valence-electron chi connectivity index (χ0n) is 10.9. The highest BCUT2D eigenvalue weighted by atomic mass is 35.5. The number of rotatable bonds is 3. The van der Waals surface area contributed by atoms with E-state index in [1.54, 1.807) is 5.01 Å². The molecule has 0 atom stereocenters. The van der Waals surface area contributed by atoms with Gasteiger partial charge in [0.15, 0.2) is 0 Å². The third-order valence-electron chi connectivity index (χ3n) is 3.06. The normalized spacial score (nSPS) is 18.4. The van der Waals surface area contributed by atoms with Crippen LogP contribution in [0, 0.1) is 0 Å². The minimum absolute atomic E-state index is 0.0108. The summed E-state index contributed by atoms with van der Waals surface area (Å²) in [5.41, 5.74) is 5.75. The van der Waals surface area contributed by atoms with Crippen LogP contribution in [0.1, 0.15) is 0 Å². The van der Waals surface area contributed by atoms with Gasteiger partial charge in [0.2, 0.25) is 0 Å². The fourth-order valence-corrected chi connectivity index (χ4v) is 4.09. The van der Waals surface area contributed by atoms with Crippen molar-refractivity contribution in [3.8, 4) is 0 Å². The SMILES string of the molecule is CN1CCN(NS(=O)(=O)c2c(N)cc(Cl)cc2Cl)CC1. The molecule has 0 radical (unpaired) electrons. The average Bonchev–Trinajstić information content (AvgIpc) is 2.30. The van der Waals surface area contributed by atoms with Crippen LogP contribution in [0.25, 0.3) is 0 Å². The molecule has 1 aromatic rings. The number of nitrogen functional groups attached to an aromatic ring is 1. The number of sulfonamides is 1. The van der Waals surface area contributed by atoms with Crippen LogP contribution in [0.15, 0.2) is 17.0 Å². The summed E-state index contributed by atoms with van der Waals surface area (Å²) in [5.74, 6) is 0. The smallest absolute Gasteiger partial charge is 0.256 e. The van der Waals surface area contributed by atoms with Gasteiger partial charge in [-0.1, -0.05) is 23.2 Å². The first kappa shape index (κ1) is 15.8. The summed E-state index contributed by atoms with van der Waals surface area (Å²) in [6.07, 6.45) is 0. The first-order valence-electron chi connectivity index (χ1n) is 6.00. The van der Waals surface area contributed by atoms with Crippen LogP contribution in [0.4, 0.5) is 5.69 Å². The second-order valence-electron chi connectivity index (χ2n) is 4.69. The van der Waals surface area contributed by atoms with Crippen molar-refractivity contribution in [2.75, 3.05) is 39.0 Å². The van der Waals surface area contributed by atoms with E-state index in [-0.39, 0.29) is 15.6 Å². The van der Waals surface area contributed by atoms with Crippen molar-refractivity contribution in [2.45, 2.75) is 4.90 Å². The van der Waals surface area contributed by atoms with Crippen molar-refractivity contribution in [2.24, 2.45) is 0 Å². The molecular formula is C11H16Cl2N4O2S. The standard InChI is InChI=1S/C11H16Cl2N4O2S/c1-16-2-4-17(5-3-16)15-20(18,19)11-9(13)6-8(12)7-10(11)14/h6-7,15H,2-5,14H2,1H3. The fraction of sp³-hybridized carbons (Fsp3) is 0.455. The van der Waals surface area contributed by atoms with Gasteiger partial charge in [0.1, 0.15) is 4.90 Å². The number of nitrogens with zero attached hydrogens (tertiary/aromatic N) is 2. The Morgan fingerprint density at radius 3 is 2.35 bits per heavy atom. The maximum Gasteiger partial charge on any atom is 0.256 e. The van der Waals surface area contributed by atoms with E-state index in [4.69, 9.17) is 28.9 Å². The zero-order chi connectivity index (χ0) is 14.9. The van der Waals surface area contributed by atoms with E-state index in [0.717, 1.165) is 13.1 Å². The Morgan fingerprint density at radius 1 is 1.20 bits per heavy atom. The number of benzene rings is 1. The highest BCUT2D eigenvalue weighted by molar-refractivity contribution is 7.89. The molecule has 1 fully saturated rings. The van der Waals surface area contributed by atoms with E-state index >= 15 is 0 Å². The third-order valence-corrected chi connectivity index (χ3v) is 5.18. The number of anilines is 1. The third kappa shape index (κ3) is 3.55. The van der Waals surface area contributed by atoms with Gasteiger partial charge in [-0.3, -0.25) is 0 Å². The molecule has 1 saturated heterocycles. The molecule has 1 aromatic carbocycles. The molecule has 9 heteroatoms. The molecule has 1 heterocycles. The number of halogens is 2. The number of nitrogens with two attached hydrogens (primary N) is 1. The average molecular weight is 339 g/mol. The van der Waals surface area contributed by atoms with E-state index < -0.39 is 10.0 Å². The molecule has 20 heavy (non-hydrogen) atoms. The Labute approximate surface area is 128 Å². The van der Waals surface area contributed by atoms with Gasteiger partial charge >= 0.3 is 0 Å². The highest BCUT2D eigenvalue weighted by Crippen LogP contribution is 2.31. The highest BCUT2D eigenvalue weighted by Gasteiger charge is 2.25. The second-order valence-corrected chi connectivity index (χ2v) is 7.13. The van der Waals surface area contributed by atoms with Crippen molar-refractivity contribution >= 4 is 38.9 Å². The number of likely N-dealkylation sites (N-methyl/N-ethyl adjacent to an activating group) is 1. The van der Waals surface area contributed by atoms with E-state index in [0.29, 0.717) is 18.1 Å². The lowest BCUT2D eigenvalue weighted by molar-refractivity contribution is 0.135. The Bertz CT molecular complexity index is 577. The van der Waals surface area contributed by atoms with Crippen LogP contribution in [-0.4, -0.2) is 51.6 Å². The summed E-state index contributed by atoms with van der Waals surface area (Å²) in [4.78, 5) is 4.49. The fourth-order valence-electron chi connectivity index (χ4n) is 1.98. The van der Waals surface area contributed by atoms with Crippen LogP contribution in [0.3, 0.4) is 0 Å². The minimum Gasteiger partial charge on any atom is -0.398 e. The predicted octanol–water partition coefficient (Wildman–Crippen LogP) is 1.02. The molecule has 112 valence electrons. The summed E-state index contributed by atoms with van der Waals surface area (Å²) in [6, 6.07) is 2.73. The molecule has 0 aliphatic carbocycles. The van der Waals surface area contributed by atoms with Crippen LogP contribution in [0.2, 0.25) is 10.0 Å². The molecule has 0 unspecified atom stereocenters. The van der Waals surface area contributed by atoms with Crippen molar-refractivity contribution in [1.82, 2.24) is 14.7 Å². The maximum absolute atomic E-state index is 12.4. The van der Waals surface area contributed by atoms with Gasteiger partial charge in [-0.15, -0.1) is 4.83 Å². The van der Waals surface area contributed by atoms with E-state index in [1.165, 1.54) is 12.1 Å². The monoisotopic (exact) mass is 338 g/mol. The first-order valence-corrected chi connectivity index (χ1v) is 8.24. The molecule has 0 saturated carbocycles. The molecular weight excluding hydrogens is 323 g/mol. The number of hydrogen-bond donors (Lipinski definition) is 2. The van der Waals surface area contributed by atoms with Gasteiger partial charge in [-0.2, -0.15) is 0 Å². The molecule has 0 spiro atoms. The molecule has 6 nitrogen and oxygen atoms in total. The van der Waals surface area contributed by atoms with Gasteiger partial charge in [0.25, 0.3) is 10.0 Å². The zero-order valence-corrected chi connectivity index (χ0v) is 13.3. The number of nitrogens with one attached hydrogen (secondary N) is 1. The van der Waals surface area contributed by atoms with Crippen molar-refractivity contribution in [3.63, 3.8) is 0 Å². The molecule has 3 N–H and O–H groups in total. The summed E-state index contributed by atoms with van der Waals surface area (Å²) in [6.45, 7) is 2.76. The van der Waals surface area contributed by atoms with Gasteiger partial charge in [0, 0.05) is 31.2 Å². The maximum atomic E-state index is 12.4.